The topological polar surface area (TPSA) is 102 Å². The zero-order valence-electron chi connectivity index (χ0n) is 19.4. The third-order valence-corrected chi connectivity index (χ3v) is 5.76. The molecule has 0 bridgehead atoms. The largest absolute Gasteiger partial charge is 0.497 e. The number of pyridine rings is 2. The molecule has 3 aromatic heterocycles. The number of unbranched alkanes of at least 4 members (excludes halogenated alkanes) is 2. The lowest BCUT2D eigenvalue weighted by atomic mass is 10.2. The molecule has 0 radical (unpaired) electrons. The Kier molecular flexibility index (Phi) is 6.55. The average Bonchev–Trinajstić information content (AvgIpc) is 2.86. The number of aryl methyl sites for hydroxylation is 2. The van der Waals surface area contributed by atoms with Gasteiger partial charge in [0.2, 0.25) is 0 Å². The number of carbonyl (C=O) groups excluding carboxylic acids is 1. The second kappa shape index (κ2) is 9.71. The number of nitrogens with zero attached hydrogens (tertiary/aromatic N) is 5. The van der Waals surface area contributed by atoms with Gasteiger partial charge in [-0.25, -0.2) is 4.98 Å². The summed E-state index contributed by atoms with van der Waals surface area (Å²) < 4.78 is 8.37. The summed E-state index contributed by atoms with van der Waals surface area (Å²) >= 11 is 0. The smallest absolute Gasteiger partial charge is 0.278 e. The van der Waals surface area contributed by atoms with E-state index < -0.39 is 5.91 Å². The number of hydrogen-bond donors (Lipinski definition) is 0. The lowest BCUT2D eigenvalue weighted by Crippen LogP contribution is -2.29. The molecule has 0 spiro atoms. The molecule has 0 aliphatic heterocycles. The van der Waals surface area contributed by atoms with Crippen molar-refractivity contribution in [1.82, 2.24) is 14.0 Å². The minimum atomic E-state index is -0.489. The summed E-state index contributed by atoms with van der Waals surface area (Å²) in [6, 6.07) is 13.9. The van der Waals surface area contributed by atoms with Gasteiger partial charge in [0.1, 0.15) is 23.1 Å². The molecule has 0 unspecified atom stereocenters. The Morgan fingerprint density at radius 3 is 2.62 bits per heavy atom. The first-order valence-corrected chi connectivity index (χ1v) is 11.2. The number of benzene rings is 1. The highest BCUT2D eigenvalue weighted by atomic mass is 16.5. The number of aromatic nitrogens is 3. The predicted molar refractivity (Wildman–Crippen MR) is 129 cm³/mol. The van der Waals surface area contributed by atoms with E-state index in [-0.39, 0.29) is 16.6 Å². The van der Waals surface area contributed by atoms with Crippen LogP contribution in [0.2, 0.25) is 0 Å². The van der Waals surface area contributed by atoms with Gasteiger partial charge in [0, 0.05) is 18.3 Å². The molecule has 0 atom stereocenters. The summed E-state index contributed by atoms with van der Waals surface area (Å²) in [5.41, 5.74) is 2.25. The van der Waals surface area contributed by atoms with Crippen LogP contribution in [-0.2, 0) is 6.54 Å². The first kappa shape index (κ1) is 22.9. The summed E-state index contributed by atoms with van der Waals surface area (Å²) in [6.45, 7) is 4.45. The lowest BCUT2D eigenvalue weighted by Gasteiger charge is -2.14. The Balaban J connectivity index is 2.03. The first-order valence-electron chi connectivity index (χ1n) is 11.2. The highest BCUT2D eigenvalue weighted by Crippen LogP contribution is 2.15. The van der Waals surface area contributed by atoms with Crippen molar-refractivity contribution < 1.29 is 9.53 Å². The minimum Gasteiger partial charge on any atom is -0.497 e. The lowest BCUT2D eigenvalue weighted by molar-refractivity contribution is 0.0997. The molecule has 0 N–H and O–H groups in total. The molecule has 8 nitrogen and oxygen atoms in total. The highest BCUT2D eigenvalue weighted by molar-refractivity contribution is 5.95. The van der Waals surface area contributed by atoms with Crippen molar-refractivity contribution in [3.8, 4) is 11.8 Å². The summed E-state index contributed by atoms with van der Waals surface area (Å²) in [5.74, 6) is 0.137. The van der Waals surface area contributed by atoms with Crippen molar-refractivity contribution >= 4 is 22.6 Å². The van der Waals surface area contributed by atoms with Gasteiger partial charge in [0.15, 0.2) is 5.49 Å². The molecular weight excluding hydrogens is 430 g/mol. The monoisotopic (exact) mass is 455 g/mol. The van der Waals surface area contributed by atoms with E-state index in [1.807, 2.05) is 13.0 Å². The number of amides is 1. The van der Waals surface area contributed by atoms with Crippen LogP contribution < -0.4 is 15.8 Å². The SMILES string of the molecule is CCCCCn1c(=NC(=O)c2ccc(OC)cc2)c(C#N)cc2c(=O)n3cccc(C)c3nc21. The Morgan fingerprint density at radius 1 is 1.18 bits per heavy atom. The average molecular weight is 456 g/mol. The first-order chi connectivity index (χ1) is 16.5. The molecule has 0 aliphatic carbocycles. The van der Waals surface area contributed by atoms with Crippen molar-refractivity contribution in [3.63, 3.8) is 0 Å². The quantitative estimate of drug-likeness (QED) is 0.325. The maximum atomic E-state index is 13.3. The third kappa shape index (κ3) is 4.20. The van der Waals surface area contributed by atoms with Crippen molar-refractivity contribution in [3.05, 3.63) is 81.2 Å². The standard InChI is InChI=1S/C26H25N5O3/c1-4-5-6-13-30-23(29-25(32)18-9-11-20(34-3)12-10-18)19(16-27)15-21-24(30)28-22-17(2)8-7-14-31(22)26(21)33/h7-12,14-15H,4-6,13H2,1-3H3. The Labute approximate surface area is 196 Å². The number of fused-ring (bicyclic) bond motifs is 2. The number of ether oxygens (including phenoxy) is 1. The second-order valence-corrected chi connectivity index (χ2v) is 8.04. The van der Waals surface area contributed by atoms with Crippen molar-refractivity contribution in [2.45, 2.75) is 39.7 Å². The Morgan fingerprint density at radius 2 is 1.94 bits per heavy atom. The number of nitriles is 1. The molecule has 34 heavy (non-hydrogen) atoms. The number of rotatable bonds is 6. The summed E-state index contributed by atoms with van der Waals surface area (Å²) in [7, 11) is 1.55. The van der Waals surface area contributed by atoms with Crippen molar-refractivity contribution in [1.29, 1.82) is 5.26 Å². The van der Waals surface area contributed by atoms with Gasteiger partial charge < -0.3 is 9.30 Å². The molecule has 4 rings (SSSR count). The van der Waals surface area contributed by atoms with Crippen LogP contribution >= 0.6 is 0 Å². The molecular formula is C26H25N5O3. The second-order valence-electron chi connectivity index (χ2n) is 8.04. The summed E-state index contributed by atoms with van der Waals surface area (Å²) in [6.07, 6.45) is 4.39. The number of hydrogen-bond acceptors (Lipinski definition) is 5. The van der Waals surface area contributed by atoms with Crippen LogP contribution in [0.15, 0.2) is 58.4 Å². The van der Waals surface area contributed by atoms with E-state index in [2.05, 4.69) is 18.0 Å². The summed E-state index contributed by atoms with van der Waals surface area (Å²) in [4.78, 5) is 35.4. The fourth-order valence-electron chi connectivity index (χ4n) is 3.92. The predicted octanol–water partition coefficient (Wildman–Crippen LogP) is 3.77. The number of methoxy groups -OCH3 is 1. The maximum absolute atomic E-state index is 13.3. The molecule has 0 saturated heterocycles. The zero-order valence-corrected chi connectivity index (χ0v) is 19.4. The molecule has 172 valence electrons. The fraction of sp³-hybridized carbons (Fsp3) is 0.269. The van der Waals surface area contributed by atoms with Crippen molar-refractivity contribution in [2.24, 2.45) is 4.99 Å². The van der Waals surface area contributed by atoms with E-state index in [0.29, 0.717) is 34.5 Å². The fourth-order valence-corrected chi connectivity index (χ4v) is 3.92. The van der Waals surface area contributed by atoms with E-state index in [1.165, 1.54) is 10.5 Å². The minimum absolute atomic E-state index is 0.150. The van der Waals surface area contributed by atoms with E-state index in [0.717, 1.165) is 24.8 Å². The third-order valence-electron chi connectivity index (χ3n) is 5.76. The molecule has 8 heteroatoms. The van der Waals surface area contributed by atoms with Crippen LogP contribution in [-0.4, -0.2) is 27.0 Å². The number of carbonyl (C=O) groups is 1. The molecule has 0 aliphatic rings. The molecule has 3 heterocycles. The van der Waals surface area contributed by atoms with Crippen LogP contribution in [0.3, 0.4) is 0 Å². The summed E-state index contributed by atoms with van der Waals surface area (Å²) in [5, 5.41) is 10.2. The van der Waals surface area contributed by atoms with E-state index in [4.69, 9.17) is 9.72 Å². The Bertz CT molecular complexity index is 1560. The molecule has 0 fully saturated rings. The van der Waals surface area contributed by atoms with Crippen molar-refractivity contribution in [2.75, 3.05) is 7.11 Å². The van der Waals surface area contributed by atoms with Gasteiger partial charge in [-0.3, -0.25) is 14.0 Å². The van der Waals surface area contributed by atoms with Crippen LogP contribution in [0.4, 0.5) is 0 Å². The normalized spacial score (nSPS) is 11.6. The Hall–Kier alpha value is -4.25. The molecule has 4 aromatic rings. The van der Waals surface area contributed by atoms with E-state index in [1.54, 1.807) is 48.2 Å². The molecule has 0 saturated carbocycles. The van der Waals surface area contributed by atoms with Gasteiger partial charge in [-0.15, -0.1) is 0 Å². The molecule has 1 amide bonds. The van der Waals surface area contributed by atoms with Gasteiger partial charge in [-0.1, -0.05) is 25.8 Å². The molecule has 1 aromatic carbocycles. The van der Waals surface area contributed by atoms with Gasteiger partial charge >= 0.3 is 0 Å². The zero-order chi connectivity index (χ0) is 24.2. The van der Waals surface area contributed by atoms with Crippen LogP contribution in [0.5, 0.6) is 5.75 Å². The van der Waals surface area contributed by atoms with Gasteiger partial charge in [-0.2, -0.15) is 10.3 Å². The van der Waals surface area contributed by atoms with Crippen LogP contribution in [0, 0.1) is 18.3 Å². The van der Waals surface area contributed by atoms with Gasteiger partial charge in [0.25, 0.3) is 11.5 Å². The van der Waals surface area contributed by atoms with Gasteiger partial charge in [0.05, 0.1) is 18.1 Å². The van der Waals surface area contributed by atoms with Crippen LogP contribution in [0.1, 0.15) is 47.7 Å². The van der Waals surface area contributed by atoms with E-state index in [9.17, 15) is 14.9 Å². The van der Waals surface area contributed by atoms with Crippen LogP contribution in [0.25, 0.3) is 16.7 Å². The maximum Gasteiger partial charge on any atom is 0.278 e. The highest BCUT2D eigenvalue weighted by Gasteiger charge is 2.16. The van der Waals surface area contributed by atoms with Gasteiger partial charge in [-0.05, 0) is 55.3 Å². The van der Waals surface area contributed by atoms with E-state index >= 15 is 0 Å².